The van der Waals surface area contributed by atoms with Gasteiger partial charge in [0.1, 0.15) is 11.5 Å². The second-order valence-corrected chi connectivity index (χ2v) is 4.47. The number of benzene rings is 1. The van der Waals surface area contributed by atoms with Crippen molar-refractivity contribution in [2.75, 3.05) is 7.11 Å². The number of hydrogen-bond acceptors (Lipinski definition) is 3. The predicted molar refractivity (Wildman–Crippen MR) is 68.9 cm³/mol. The molecule has 0 bridgehead atoms. The van der Waals surface area contributed by atoms with Crippen LogP contribution in [0.5, 0.6) is 11.5 Å². The number of carbonyl (C=O) groups excluding carboxylic acids is 1. The van der Waals surface area contributed by atoms with Crippen molar-refractivity contribution < 1.29 is 14.3 Å². The Morgan fingerprint density at radius 1 is 1.33 bits per heavy atom. The Hall–Kier alpha value is -1.71. The Labute approximate surface area is 107 Å². The van der Waals surface area contributed by atoms with Crippen molar-refractivity contribution in [1.29, 1.82) is 0 Å². The SMILES string of the molecule is CC[C@@H](Oc1ccc(OC)cc1)C(=O)NC1CC1. The van der Waals surface area contributed by atoms with Gasteiger partial charge < -0.3 is 14.8 Å². The summed E-state index contributed by atoms with van der Waals surface area (Å²) in [7, 11) is 1.62. The molecule has 1 fully saturated rings. The number of methoxy groups -OCH3 is 1. The highest BCUT2D eigenvalue weighted by Gasteiger charge is 2.27. The zero-order valence-corrected chi connectivity index (χ0v) is 10.8. The lowest BCUT2D eigenvalue weighted by Gasteiger charge is -2.17. The summed E-state index contributed by atoms with van der Waals surface area (Å²) in [6.45, 7) is 1.95. The van der Waals surface area contributed by atoms with Crippen LogP contribution in [0.4, 0.5) is 0 Å². The third kappa shape index (κ3) is 3.39. The standard InChI is InChI=1S/C14H19NO3/c1-3-13(14(16)15-10-4-5-10)18-12-8-6-11(17-2)7-9-12/h6-10,13H,3-5H2,1-2H3,(H,15,16)/t13-/m1/s1. The Bertz CT molecular complexity index is 398. The molecular weight excluding hydrogens is 230 g/mol. The first kappa shape index (κ1) is 12.7. The summed E-state index contributed by atoms with van der Waals surface area (Å²) in [4.78, 5) is 11.9. The molecule has 18 heavy (non-hydrogen) atoms. The molecule has 1 atom stereocenters. The first-order valence-corrected chi connectivity index (χ1v) is 6.34. The quantitative estimate of drug-likeness (QED) is 0.840. The Kier molecular flexibility index (Phi) is 4.07. The van der Waals surface area contributed by atoms with Gasteiger partial charge in [0.25, 0.3) is 5.91 Å². The zero-order chi connectivity index (χ0) is 13.0. The van der Waals surface area contributed by atoms with Crippen molar-refractivity contribution in [1.82, 2.24) is 5.32 Å². The fourth-order valence-corrected chi connectivity index (χ4v) is 1.66. The minimum absolute atomic E-state index is 0.0178. The van der Waals surface area contributed by atoms with Crippen molar-refractivity contribution in [2.45, 2.75) is 38.3 Å². The van der Waals surface area contributed by atoms with E-state index in [-0.39, 0.29) is 5.91 Å². The highest BCUT2D eigenvalue weighted by atomic mass is 16.5. The molecule has 1 amide bonds. The third-order valence-corrected chi connectivity index (χ3v) is 2.92. The normalized spacial score (nSPS) is 15.9. The van der Waals surface area contributed by atoms with E-state index in [0.717, 1.165) is 18.6 Å². The topological polar surface area (TPSA) is 47.6 Å². The van der Waals surface area contributed by atoms with Crippen LogP contribution < -0.4 is 14.8 Å². The van der Waals surface area contributed by atoms with Gasteiger partial charge in [0.2, 0.25) is 0 Å². The maximum atomic E-state index is 11.9. The summed E-state index contributed by atoms with van der Waals surface area (Å²) in [5.41, 5.74) is 0. The van der Waals surface area contributed by atoms with Gasteiger partial charge in [-0.15, -0.1) is 0 Å². The molecule has 0 radical (unpaired) electrons. The molecule has 0 aromatic heterocycles. The highest BCUT2D eigenvalue weighted by molar-refractivity contribution is 5.81. The van der Waals surface area contributed by atoms with E-state index in [1.54, 1.807) is 7.11 Å². The summed E-state index contributed by atoms with van der Waals surface area (Å²) in [6.07, 6.45) is 2.42. The number of rotatable bonds is 6. The van der Waals surface area contributed by atoms with E-state index in [2.05, 4.69) is 5.32 Å². The van der Waals surface area contributed by atoms with Crippen molar-refractivity contribution in [3.8, 4) is 11.5 Å². The zero-order valence-electron chi connectivity index (χ0n) is 10.8. The molecule has 1 aromatic carbocycles. The second-order valence-electron chi connectivity index (χ2n) is 4.47. The minimum atomic E-state index is -0.418. The average molecular weight is 249 g/mol. The molecule has 98 valence electrons. The van der Waals surface area contributed by atoms with E-state index in [1.807, 2.05) is 31.2 Å². The van der Waals surface area contributed by atoms with E-state index in [0.29, 0.717) is 18.2 Å². The number of carbonyl (C=O) groups is 1. The van der Waals surface area contributed by atoms with Crippen LogP contribution in [0.25, 0.3) is 0 Å². The van der Waals surface area contributed by atoms with Crippen molar-refractivity contribution >= 4 is 5.91 Å². The van der Waals surface area contributed by atoms with Gasteiger partial charge in [-0.3, -0.25) is 4.79 Å². The predicted octanol–water partition coefficient (Wildman–Crippen LogP) is 2.13. The first-order valence-electron chi connectivity index (χ1n) is 6.34. The van der Waals surface area contributed by atoms with Crippen LogP contribution in [-0.4, -0.2) is 25.2 Å². The minimum Gasteiger partial charge on any atom is -0.497 e. The lowest BCUT2D eigenvalue weighted by atomic mass is 10.2. The van der Waals surface area contributed by atoms with Gasteiger partial charge >= 0.3 is 0 Å². The van der Waals surface area contributed by atoms with E-state index in [4.69, 9.17) is 9.47 Å². The van der Waals surface area contributed by atoms with Crippen LogP contribution in [0.3, 0.4) is 0 Å². The van der Waals surface area contributed by atoms with Crippen LogP contribution in [0, 0.1) is 0 Å². The largest absolute Gasteiger partial charge is 0.497 e. The van der Waals surface area contributed by atoms with Crippen LogP contribution in [0.15, 0.2) is 24.3 Å². The van der Waals surface area contributed by atoms with E-state index >= 15 is 0 Å². The fraction of sp³-hybridized carbons (Fsp3) is 0.500. The van der Waals surface area contributed by atoms with Crippen molar-refractivity contribution in [3.05, 3.63) is 24.3 Å². The van der Waals surface area contributed by atoms with Crippen LogP contribution >= 0.6 is 0 Å². The van der Waals surface area contributed by atoms with Gasteiger partial charge in [0.05, 0.1) is 7.11 Å². The van der Waals surface area contributed by atoms with E-state index in [9.17, 15) is 4.79 Å². The highest BCUT2D eigenvalue weighted by Crippen LogP contribution is 2.21. The smallest absolute Gasteiger partial charge is 0.261 e. The summed E-state index contributed by atoms with van der Waals surface area (Å²) in [5, 5.41) is 2.96. The van der Waals surface area contributed by atoms with Gasteiger partial charge in [0, 0.05) is 6.04 Å². The van der Waals surface area contributed by atoms with Crippen molar-refractivity contribution in [2.24, 2.45) is 0 Å². The summed E-state index contributed by atoms with van der Waals surface area (Å²) >= 11 is 0. The molecule has 1 N–H and O–H groups in total. The average Bonchev–Trinajstić information content (AvgIpc) is 3.20. The summed E-state index contributed by atoms with van der Waals surface area (Å²) in [5.74, 6) is 1.45. The Morgan fingerprint density at radius 2 is 1.94 bits per heavy atom. The summed E-state index contributed by atoms with van der Waals surface area (Å²) in [6, 6.07) is 7.63. The maximum Gasteiger partial charge on any atom is 0.261 e. The molecule has 1 saturated carbocycles. The number of amides is 1. The Balaban J connectivity index is 1.93. The fourth-order valence-electron chi connectivity index (χ4n) is 1.66. The lowest BCUT2D eigenvalue weighted by Crippen LogP contribution is -2.39. The lowest BCUT2D eigenvalue weighted by molar-refractivity contribution is -0.128. The van der Waals surface area contributed by atoms with Gasteiger partial charge in [0.15, 0.2) is 6.10 Å². The molecule has 1 aliphatic rings. The molecule has 0 heterocycles. The number of nitrogens with one attached hydrogen (secondary N) is 1. The number of ether oxygens (including phenoxy) is 2. The monoisotopic (exact) mass is 249 g/mol. The van der Waals surface area contributed by atoms with Gasteiger partial charge in [-0.2, -0.15) is 0 Å². The molecule has 1 aromatic rings. The molecule has 2 rings (SSSR count). The molecule has 0 saturated heterocycles. The molecule has 4 heteroatoms. The second kappa shape index (κ2) is 5.76. The third-order valence-electron chi connectivity index (χ3n) is 2.92. The van der Waals surface area contributed by atoms with Crippen LogP contribution in [0.2, 0.25) is 0 Å². The van der Waals surface area contributed by atoms with Crippen LogP contribution in [-0.2, 0) is 4.79 Å². The molecule has 0 spiro atoms. The molecule has 1 aliphatic carbocycles. The van der Waals surface area contributed by atoms with Gasteiger partial charge in [-0.05, 0) is 43.5 Å². The summed E-state index contributed by atoms with van der Waals surface area (Å²) < 4.78 is 10.8. The van der Waals surface area contributed by atoms with Crippen LogP contribution in [0.1, 0.15) is 26.2 Å². The first-order chi connectivity index (χ1) is 8.72. The van der Waals surface area contributed by atoms with Gasteiger partial charge in [-0.1, -0.05) is 6.92 Å². The Morgan fingerprint density at radius 3 is 2.44 bits per heavy atom. The van der Waals surface area contributed by atoms with Gasteiger partial charge in [-0.25, -0.2) is 0 Å². The molecule has 0 unspecified atom stereocenters. The maximum absolute atomic E-state index is 11.9. The van der Waals surface area contributed by atoms with E-state index < -0.39 is 6.10 Å². The molecular formula is C14H19NO3. The van der Waals surface area contributed by atoms with E-state index in [1.165, 1.54) is 0 Å². The molecule has 4 nitrogen and oxygen atoms in total. The molecule has 0 aliphatic heterocycles. The van der Waals surface area contributed by atoms with Crippen molar-refractivity contribution in [3.63, 3.8) is 0 Å². The number of hydrogen-bond donors (Lipinski definition) is 1.